The Morgan fingerprint density at radius 3 is 2.73 bits per heavy atom. The number of para-hydroxylation sites is 1. The van der Waals surface area contributed by atoms with Crippen molar-refractivity contribution >= 4 is 5.69 Å². The average Bonchev–Trinajstić information content (AvgIpc) is 3.09. The zero-order valence-electron chi connectivity index (χ0n) is 9.28. The summed E-state index contributed by atoms with van der Waals surface area (Å²) in [6, 6.07) is 10.3. The number of benzene rings is 1. The maximum absolute atomic E-state index is 5.73. The summed E-state index contributed by atoms with van der Waals surface area (Å²) in [7, 11) is 0. The highest BCUT2D eigenvalue weighted by Crippen LogP contribution is 2.29. The number of ether oxygens (including phenoxy) is 1. The van der Waals surface area contributed by atoms with Crippen LogP contribution in [0.5, 0.6) is 0 Å². The first-order chi connectivity index (χ1) is 7.34. The summed E-state index contributed by atoms with van der Waals surface area (Å²) in [5.41, 5.74) is 1.17. The first kappa shape index (κ1) is 10.5. The normalized spacial score (nSPS) is 17.4. The molecule has 15 heavy (non-hydrogen) atoms. The molecule has 1 aromatic carbocycles. The van der Waals surface area contributed by atoms with Gasteiger partial charge in [-0.25, -0.2) is 0 Å². The van der Waals surface area contributed by atoms with Crippen LogP contribution in [0.15, 0.2) is 30.3 Å². The number of rotatable bonds is 6. The highest BCUT2D eigenvalue weighted by molar-refractivity contribution is 5.42. The number of hydrogen-bond donors (Lipinski definition) is 1. The Bertz CT molecular complexity index is 282. The Morgan fingerprint density at radius 1 is 1.33 bits per heavy atom. The van der Waals surface area contributed by atoms with Crippen molar-refractivity contribution in [3.8, 4) is 0 Å². The summed E-state index contributed by atoms with van der Waals surface area (Å²) in [6.45, 7) is 3.95. The average molecular weight is 205 g/mol. The fraction of sp³-hybridized carbons (Fsp3) is 0.538. The molecule has 1 fully saturated rings. The Balaban J connectivity index is 1.63. The van der Waals surface area contributed by atoms with Crippen molar-refractivity contribution in [2.24, 2.45) is 5.92 Å². The van der Waals surface area contributed by atoms with Crippen LogP contribution < -0.4 is 5.32 Å². The maximum atomic E-state index is 5.73. The highest BCUT2D eigenvalue weighted by atomic mass is 16.5. The van der Waals surface area contributed by atoms with E-state index in [1.807, 2.05) is 18.2 Å². The molecule has 1 unspecified atom stereocenters. The van der Waals surface area contributed by atoms with Crippen LogP contribution in [0.3, 0.4) is 0 Å². The van der Waals surface area contributed by atoms with Gasteiger partial charge in [-0.2, -0.15) is 0 Å². The molecule has 2 heteroatoms. The first-order valence-corrected chi connectivity index (χ1v) is 5.75. The summed E-state index contributed by atoms with van der Waals surface area (Å²) < 4.78 is 5.73. The van der Waals surface area contributed by atoms with Gasteiger partial charge < -0.3 is 10.1 Å². The Kier molecular flexibility index (Phi) is 3.62. The molecule has 0 bridgehead atoms. The predicted octanol–water partition coefficient (Wildman–Crippen LogP) is 2.91. The van der Waals surface area contributed by atoms with E-state index < -0.39 is 0 Å². The van der Waals surface area contributed by atoms with Gasteiger partial charge in [-0.05, 0) is 37.8 Å². The Morgan fingerprint density at radius 2 is 2.07 bits per heavy atom. The Labute approximate surface area is 91.6 Å². The molecule has 0 heterocycles. The summed E-state index contributed by atoms with van der Waals surface area (Å²) >= 11 is 0. The minimum atomic E-state index is 0.297. The zero-order valence-corrected chi connectivity index (χ0v) is 9.28. The zero-order chi connectivity index (χ0) is 10.5. The van der Waals surface area contributed by atoms with Gasteiger partial charge in [0.05, 0.1) is 6.10 Å². The number of anilines is 1. The van der Waals surface area contributed by atoms with Crippen molar-refractivity contribution in [2.75, 3.05) is 18.5 Å². The van der Waals surface area contributed by atoms with E-state index >= 15 is 0 Å². The van der Waals surface area contributed by atoms with E-state index in [2.05, 4.69) is 24.4 Å². The molecular weight excluding hydrogens is 186 g/mol. The van der Waals surface area contributed by atoms with Crippen LogP contribution in [0.1, 0.15) is 19.8 Å². The van der Waals surface area contributed by atoms with Crippen LogP contribution in [0.25, 0.3) is 0 Å². The van der Waals surface area contributed by atoms with E-state index in [0.717, 1.165) is 19.1 Å². The lowest BCUT2D eigenvalue weighted by atomic mass is 10.3. The molecule has 1 aromatic rings. The molecule has 0 saturated heterocycles. The van der Waals surface area contributed by atoms with Gasteiger partial charge >= 0.3 is 0 Å². The lowest BCUT2D eigenvalue weighted by Crippen LogP contribution is -2.20. The van der Waals surface area contributed by atoms with E-state index in [0.29, 0.717) is 6.10 Å². The molecule has 0 radical (unpaired) electrons. The van der Waals surface area contributed by atoms with E-state index in [1.54, 1.807) is 0 Å². The van der Waals surface area contributed by atoms with Gasteiger partial charge in [-0.15, -0.1) is 0 Å². The van der Waals surface area contributed by atoms with Gasteiger partial charge in [0.15, 0.2) is 0 Å². The van der Waals surface area contributed by atoms with Gasteiger partial charge in [-0.1, -0.05) is 18.2 Å². The molecular formula is C13H19NO. The lowest BCUT2D eigenvalue weighted by Gasteiger charge is -2.14. The minimum Gasteiger partial charge on any atom is -0.382 e. The van der Waals surface area contributed by atoms with Gasteiger partial charge in [0, 0.05) is 18.8 Å². The van der Waals surface area contributed by atoms with Crippen LogP contribution in [0, 0.1) is 5.92 Å². The van der Waals surface area contributed by atoms with E-state index in [1.165, 1.54) is 18.5 Å². The van der Waals surface area contributed by atoms with Crippen molar-refractivity contribution in [3.63, 3.8) is 0 Å². The van der Waals surface area contributed by atoms with Crippen LogP contribution in [0.2, 0.25) is 0 Å². The van der Waals surface area contributed by atoms with Crippen LogP contribution in [-0.4, -0.2) is 19.3 Å². The van der Waals surface area contributed by atoms with Crippen molar-refractivity contribution in [1.82, 2.24) is 0 Å². The quantitative estimate of drug-likeness (QED) is 0.771. The van der Waals surface area contributed by atoms with Crippen molar-refractivity contribution < 1.29 is 4.74 Å². The Hall–Kier alpha value is -1.02. The molecule has 82 valence electrons. The number of nitrogens with one attached hydrogen (secondary N) is 1. The second-order valence-corrected chi connectivity index (χ2v) is 4.33. The second-order valence-electron chi connectivity index (χ2n) is 4.33. The molecule has 1 atom stereocenters. The van der Waals surface area contributed by atoms with Crippen molar-refractivity contribution in [1.29, 1.82) is 0 Å². The van der Waals surface area contributed by atoms with Gasteiger partial charge in [-0.3, -0.25) is 0 Å². The molecule has 0 aromatic heterocycles. The maximum Gasteiger partial charge on any atom is 0.0719 e. The van der Waals surface area contributed by atoms with Gasteiger partial charge in [0.25, 0.3) is 0 Å². The van der Waals surface area contributed by atoms with Crippen LogP contribution >= 0.6 is 0 Å². The topological polar surface area (TPSA) is 21.3 Å². The van der Waals surface area contributed by atoms with Crippen LogP contribution in [0.4, 0.5) is 5.69 Å². The van der Waals surface area contributed by atoms with Gasteiger partial charge in [0.1, 0.15) is 0 Å². The smallest absolute Gasteiger partial charge is 0.0719 e. The highest BCUT2D eigenvalue weighted by Gasteiger charge is 2.22. The molecule has 0 amide bonds. The van der Waals surface area contributed by atoms with Crippen molar-refractivity contribution in [3.05, 3.63) is 30.3 Å². The first-order valence-electron chi connectivity index (χ1n) is 5.75. The predicted molar refractivity (Wildman–Crippen MR) is 63.1 cm³/mol. The summed E-state index contributed by atoms with van der Waals surface area (Å²) in [6.07, 6.45) is 3.02. The molecule has 1 N–H and O–H groups in total. The summed E-state index contributed by atoms with van der Waals surface area (Å²) in [5.74, 6) is 0.851. The van der Waals surface area contributed by atoms with E-state index in [4.69, 9.17) is 4.74 Å². The minimum absolute atomic E-state index is 0.297. The largest absolute Gasteiger partial charge is 0.382 e. The van der Waals surface area contributed by atoms with Crippen molar-refractivity contribution in [2.45, 2.75) is 25.9 Å². The fourth-order valence-electron chi connectivity index (χ4n) is 1.46. The third kappa shape index (κ3) is 3.92. The summed E-state index contributed by atoms with van der Waals surface area (Å²) in [4.78, 5) is 0. The monoisotopic (exact) mass is 205 g/mol. The molecule has 1 aliphatic carbocycles. The number of hydrogen-bond acceptors (Lipinski definition) is 2. The lowest BCUT2D eigenvalue weighted by molar-refractivity contribution is 0.0668. The molecule has 1 saturated carbocycles. The third-order valence-electron chi connectivity index (χ3n) is 2.68. The summed E-state index contributed by atoms with van der Waals surface area (Å²) in [5, 5.41) is 3.36. The van der Waals surface area contributed by atoms with Crippen LogP contribution in [-0.2, 0) is 4.74 Å². The molecule has 0 spiro atoms. The fourth-order valence-corrected chi connectivity index (χ4v) is 1.46. The SMILES string of the molecule is CC(CNc1ccccc1)OCC1CC1. The molecule has 2 nitrogen and oxygen atoms in total. The standard InChI is InChI=1S/C13H19NO/c1-11(15-10-12-7-8-12)9-14-13-5-3-2-4-6-13/h2-6,11-12,14H,7-10H2,1H3. The molecule has 2 rings (SSSR count). The van der Waals surface area contributed by atoms with E-state index in [9.17, 15) is 0 Å². The second kappa shape index (κ2) is 5.17. The third-order valence-corrected chi connectivity index (χ3v) is 2.68. The molecule has 0 aliphatic heterocycles. The van der Waals surface area contributed by atoms with Gasteiger partial charge in [0.2, 0.25) is 0 Å². The van der Waals surface area contributed by atoms with E-state index in [-0.39, 0.29) is 0 Å². The molecule has 1 aliphatic rings.